The first kappa shape index (κ1) is 19.5. The number of primary amides is 1. The predicted molar refractivity (Wildman–Crippen MR) is 113 cm³/mol. The largest absolute Gasteiger partial charge is 0.369 e. The van der Waals surface area contributed by atoms with Crippen LogP contribution >= 0.6 is 0 Å². The fourth-order valence-electron chi connectivity index (χ4n) is 5.34. The molecule has 2 amide bonds. The molecule has 0 spiro atoms. The molecule has 1 aromatic heterocycles. The summed E-state index contributed by atoms with van der Waals surface area (Å²) < 4.78 is 17.2. The van der Waals surface area contributed by atoms with Crippen molar-refractivity contribution in [3.05, 3.63) is 40.5 Å². The molecule has 1 saturated heterocycles. The summed E-state index contributed by atoms with van der Waals surface area (Å²) in [6.07, 6.45) is 3.95. The fourth-order valence-corrected chi connectivity index (χ4v) is 5.34. The number of carbonyl (C=O) groups is 2. The Hall–Kier alpha value is -3.18. The lowest BCUT2D eigenvalue weighted by Crippen LogP contribution is -2.37. The molecule has 7 nitrogen and oxygen atoms in total. The second-order valence-electron chi connectivity index (χ2n) is 9.51. The molecule has 0 unspecified atom stereocenters. The summed E-state index contributed by atoms with van der Waals surface area (Å²) in [7, 11) is 1.60. The van der Waals surface area contributed by atoms with Gasteiger partial charge in [0.25, 0.3) is 11.8 Å². The number of likely N-dealkylation sites (tertiary alicyclic amines) is 1. The Morgan fingerprint density at radius 3 is 2.69 bits per heavy atom. The number of amides is 2. The molecule has 2 saturated carbocycles. The molecule has 1 atom stereocenters. The standard InChI is InChI=1S/C24H23FN4O3/c1-28-7-6-24(32,23(28)31)5-4-13-10-17-16(11-18(13)25)14-8-15(9-14)29-20(12-2-3-12)19(21(26)30)27-22(17)29/h10-12,14-15,32H,2-3,6-9H2,1H3,(H2,26,30)/t14?,15?,24-/m0/s1. The minimum absolute atomic E-state index is 0.0989. The Balaban J connectivity index is 1.50. The highest BCUT2D eigenvalue weighted by Crippen LogP contribution is 2.55. The van der Waals surface area contributed by atoms with Crippen molar-refractivity contribution in [2.45, 2.75) is 55.6 Å². The Labute approximate surface area is 184 Å². The van der Waals surface area contributed by atoms with E-state index in [4.69, 9.17) is 5.73 Å². The summed E-state index contributed by atoms with van der Waals surface area (Å²) in [6.45, 7) is 0.400. The highest BCUT2D eigenvalue weighted by atomic mass is 19.1. The molecule has 2 bridgehead atoms. The molecule has 7 rings (SSSR count). The van der Waals surface area contributed by atoms with Crippen LogP contribution in [-0.4, -0.2) is 50.6 Å². The van der Waals surface area contributed by atoms with Crippen molar-refractivity contribution >= 4 is 11.8 Å². The van der Waals surface area contributed by atoms with E-state index in [1.165, 1.54) is 11.0 Å². The van der Waals surface area contributed by atoms with Gasteiger partial charge in [0.2, 0.25) is 5.60 Å². The highest BCUT2D eigenvalue weighted by Gasteiger charge is 2.45. The molecule has 32 heavy (non-hydrogen) atoms. The number of nitrogens with zero attached hydrogens (tertiary/aromatic N) is 3. The zero-order valence-electron chi connectivity index (χ0n) is 17.7. The number of aromatic nitrogens is 2. The van der Waals surface area contributed by atoms with Gasteiger partial charge in [-0.2, -0.15) is 0 Å². The van der Waals surface area contributed by atoms with Gasteiger partial charge in [-0.15, -0.1) is 0 Å². The van der Waals surface area contributed by atoms with Crippen LogP contribution in [0.25, 0.3) is 11.4 Å². The Bertz CT molecular complexity index is 1260. The first-order valence-electron chi connectivity index (χ1n) is 11.0. The average molecular weight is 434 g/mol. The molecule has 8 heteroatoms. The number of hydrogen-bond donors (Lipinski definition) is 2. The number of aliphatic hydroxyl groups is 1. The van der Waals surface area contributed by atoms with Gasteiger partial charge < -0.3 is 20.3 Å². The van der Waals surface area contributed by atoms with E-state index in [0.29, 0.717) is 24.0 Å². The van der Waals surface area contributed by atoms with Crippen LogP contribution in [0, 0.1) is 17.7 Å². The van der Waals surface area contributed by atoms with E-state index in [0.717, 1.165) is 42.5 Å². The smallest absolute Gasteiger partial charge is 0.269 e. The van der Waals surface area contributed by atoms with Gasteiger partial charge in [-0.3, -0.25) is 9.59 Å². The van der Waals surface area contributed by atoms with Crippen LogP contribution < -0.4 is 5.73 Å². The monoisotopic (exact) mass is 434 g/mol. The van der Waals surface area contributed by atoms with Crippen LogP contribution in [0.3, 0.4) is 0 Å². The van der Waals surface area contributed by atoms with Crippen molar-refractivity contribution in [1.82, 2.24) is 14.5 Å². The molecule has 2 aliphatic carbocycles. The summed E-state index contributed by atoms with van der Waals surface area (Å²) in [5, 5.41) is 10.6. The van der Waals surface area contributed by atoms with Gasteiger partial charge in [0.1, 0.15) is 17.3 Å². The lowest BCUT2D eigenvalue weighted by Gasteiger charge is -2.35. The van der Waals surface area contributed by atoms with Crippen LogP contribution in [0.5, 0.6) is 0 Å². The SMILES string of the molecule is CN1CC[C@@](O)(C#Cc2cc3c(cc2F)C2CC(C2)n2c-3nc(C(N)=O)c2C2CC2)C1=O. The van der Waals surface area contributed by atoms with Crippen molar-refractivity contribution in [2.24, 2.45) is 5.73 Å². The van der Waals surface area contributed by atoms with E-state index >= 15 is 4.39 Å². The summed E-state index contributed by atoms with van der Waals surface area (Å²) in [4.78, 5) is 30.4. The number of benzene rings is 1. The van der Waals surface area contributed by atoms with E-state index in [2.05, 4.69) is 21.4 Å². The van der Waals surface area contributed by atoms with Crippen molar-refractivity contribution in [2.75, 3.05) is 13.6 Å². The molecule has 3 aliphatic heterocycles. The normalized spacial score (nSPS) is 27.7. The number of imidazole rings is 1. The van der Waals surface area contributed by atoms with Crippen LogP contribution in [0.1, 0.15) is 77.3 Å². The topological polar surface area (TPSA) is 101 Å². The van der Waals surface area contributed by atoms with Gasteiger partial charge in [-0.1, -0.05) is 11.8 Å². The van der Waals surface area contributed by atoms with Crippen LogP contribution in [0.2, 0.25) is 0 Å². The molecule has 3 fully saturated rings. The van der Waals surface area contributed by atoms with Crippen molar-refractivity contribution in [1.29, 1.82) is 0 Å². The fraction of sp³-hybridized carbons (Fsp3) is 0.458. The molecule has 0 radical (unpaired) electrons. The number of halogens is 1. The summed E-state index contributed by atoms with van der Waals surface area (Å²) in [5.41, 5.74) is 6.79. The first-order valence-corrected chi connectivity index (χ1v) is 11.0. The van der Waals surface area contributed by atoms with Crippen molar-refractivity contribution in [3.63, 3.8) is 0 Å². The highest BCUT2D eigenvalue weighted by molar-refractivity contribution is 5.93. The molecule has 4 heterocycles. The number of hydrogen-bond acceptors (Lipinski definition) is 4. The van der Waals surface area contributed by atoms with Crippen LogP contribution in [-0.2, 0) is 4.79 Å². The molecule has 5 aliphatic rings. The lowest BCUT2D eigenvalue weighted by atomic mass is 9.75. The Kier molecular flexibility index (Phi) is 3.91. The molecule has 3 N–H and O–H groups in total. The van der Waals surface area contributed by atoms with Crippen molar-refractivity contribution in [3.8, 4) is 23.2 Å². The zero-order valence-corrected chi connectivity index (χ0v) is 17.7. The maximum Gasteiger partial charge on any atom is 0.269 e. The second kappa shape index (κ2) is 6.42. The minimum Gasteiger partial charge on any atom is -0.369 e. The Morgan fingerprint density at radius 2 is 2.06 bits per heavy atom. The summed E-state index contributed by atoms with van der Waals surface area (Å²) >= 11 is 0. The summed E-state index contributed by atoms with van der Waals surface area (Å²) in [6, 6.07) is 3.37. The maximum absolute atomic E-state index is 15.0. The van der Waals surface area contributed by atoms with E-state index in [1.807, 2.05) is 0 Å². The van der Waals surface area contributed by atoms with E-state index < -0.39 is 23.2 Å². The molecule has 164 valence electrons. The van der Waals surface area contributed by atoms with Crippen molar-refractivity contribution < 1.29 is 19.1 Å². The van der Waals surface area contributed by atoms with E-state index in [-0.39, 0.29) is 23.9 Å². The van der Waals surface area contributed by atoms with Gasteiger partial charge in [0.05, 0.1) is 11.3 Å². The molecular formula is C24H23FN4O3. The first-order chi connectivity index (χ1) is 15.3. The third-order valence-corrected chi connectivity index (χ3v) is 7.36. The number of carbonyl (C=O) groups excluding carboxylic acids is 2. The van der Waals surface area contributed by atoms with Gasteiger partial charge in [-0.05, 0) is 49.3 Å². The molecular weight excluding hydrogens is 411 g/mol. The zero-order chi connectivity index (χ0) is 22.4. The molecule has 2 aromatic rings. The Morgan fingerprint density at radius 1 is 1.31 bits per heavy atom. The maximum atomic E-state index is 15.0. The van der Waals surface area contributed by atoms with E-state index in [1.54, 1.807) is 13.1 Å². The van der Waals surface area contributed by atoms with Crippen LogP contribution in [0.4, 0.5) is 4.39 Å². The lowest BCUT2D eigenvalue weighted by molar-refractivity contribution is -0.137. The quantitative estimate of drug-likeness (QED) is 0.707. The van der Waals surface area contributed by atoms with E-state index in [9.17, 15) is 14.7 Å². The third kappa shape index (κ3) is 2.67. The predicted octanol–water partition coefficient (Wildman–Crippen LogP) is 2.04. The second-order valence-corrected chi connectivity index (χ2v) is 9.51. The van der Waals surface area contributed by atoms with Crippen LogP contribution in [0.15, 0.2) is 12.1 Å². The minimum atomic E-state index is -1.80. The third-order valence-electron chi connectivity index (χ3n) is 7.36. The number of nitrogens with two attached hydrogens (primary N) is 1. The number of rotatable bonds is 2. The average Bonchev–Trinajstić information content (AvgIpc) is 3.48. The van der Waals surface area contributed by atoms with Gasteiger partial charge in [-0.25, -0.2) is 9.37 Å². The molecule has 1 aromatic carbocycles. The van der Waals surface area contributed by atoms with Gasteiger partial charge in [0.15, 0.2) is 0 Å². The van der Waals surface area contributed by atoms with Gasteiger partial charge >= 0.3 is 0 Å². The van der Waals surface area contributed by atoms with Gasteiger partial charge in [0, 0.05) is 37.5 Å². The summed E-state index contributed by atoms with van der Waals surface area (Å²) in [5.74, 6) is 4.96. The number of likely N-dealkylation sites (N-methyl/N-ethyl adjacent to an activating group) is 1.